The maximum Gasteiger partial charge on any atom is 0.139 e. The standard InChI is InChI=1S/C29H46O2/c1-18(2)9-8-10-19(3)21-12-13-22-20-11-14-24-27(4,5)25(30)15-16-28(24,6)23(20)17-26(31)29(21,22)7/h9,14,19-23,25,30H,8,10-13,15-17H2,1-7H3/t19-,20+,21-,22+,23+,25?,28-,29-/m1/s1. The maximum atomic E-state index is 13.9. The van der Waals surface area contributed by atoms with E-state index in [2.05, 4.69) is 60.6 Å². The number of hydrogen-bond donors (Lipinski definition) is 1. The van der Waals surface area contributed by atoms with Gasteiger partial charge in [-0.3, -0.25) is 4.79 Å². The minimum Gasteiger partial charge on any atom is -0.392 e. The van der Waals surface area contributed by atoms with Gasteiger partial charge in [0, 0.05) is 17.3 Å². The Labute approximate surface area is 191 Å². The molecular weight excluding hydrogens is 380 g/mol. The molecule has 0 bridgehead atoms. The molecule has 0 spiro atoms. The fourth-order valence-electron chi connectivity index (χ4n) is 8.88. The van der Waals surface area contributed by atoms with Crippen molar-refractivity contribution in [3.63, 3.8) is 0 Å². The highest BCUT2D eigenvalue weighted by atomic mass is 16.3. The van der Waals surface area contributed by atoms with Crippen LogP contribution in [0.1, 0.15) is 99.8 Å². The van der Waals surface area contributed by atoms with E-state index < -0.39 is 0 Å². The Hall–Kier alpha value is -0.890. The van der Waals surface area contributed by atoms with Gasteiger partial charge >= 0.3 is 0 Å². The molecule has 0 aromatic carbocycles. The molecule has 3 fully saturated rings. The summed E-state index contributed by atoms with van der Waals surface area (Å²) in [5, 5.41) is 10.7. The van der Waals surface area contributed by atoms with E-state index in [1.54, 1.807) is 0 Å². The lowest BCUT2D eigenvalue weighted by molar-refractivity contribution is -0.149. The average molecular weight is 427 g/mol. The molecule has 2 heteroatoms. The van der Waals surface area contributed by atoms with Crippen LogP contribution in [0.15, 0.2) is 23.3 Å². The molecule has 1 unspecified atom stereocenters. The third-order valence-corrected chi connectivity index (χ3v) is 10.7. The summed E-state index contributed by atoms with van der Waals surface area (Å²) in [5.41, 5.74) is 2.63. The summed E-state index contributed by atoms with van der Waals surface area (Å²) in [7, 11) is 0. The smallest absolute Gasteiger partial charge is 0.139 e. The van der Waals surface area contributed by atoms with E-state index in [1.807, 2.05) is 0 Å². The van der Waals surface area contributed by atoms with Crippen molar-refractivity contribution < 1.29 is 9.90 Å². The molecular formula is C29H46O2. The summed E-state index contributed by atoms with van der Waals surface area (Å²) >= 11 is 0. The van der Waals surface area contributed by atoms with Crippen LogP contribution in [0, 0.1) is 45.8 Å². The van der Waals surface area contributed by atoms with Crippen molar-refractivity contribution in [2.75, 3.05) is 0 Å². The van der Waals surface area contributed by atoms with Gasteiger partial charge in [-0.1, -0.05) is 57.9 Å². The first-order valence-corrected chi connectivity index (χ1v) is 13.0. The number of Topliss-reactive ketones (excluding diaryl/α,β-unsaturated/α-hetero) is 1. The van der Waals surface area contributed by atoms with Crippen molar-refractivity contribution in [1.82, 2.24) is 0 Å². The number of allylic oxidation sites excluding steroid dienone is 3. The van der Waals surface area contributed by atoms with Gasteiger partial charge < -0.3 is 5.11 Å². The van der Waals surface area contributed by atoms with Gasteiger partial charge in [0.25, 0.3) is 0 Å². The molecule has 4 rings (SSSR count). The van der Waals surface area contributed by atoms with E-state index in [0.717, 1.165) is 32.1 Å². The van der Waals surface area contributed by atoms with Crippen LogP contribution in [0.5, 0.6) is 0 Å². The summed E-state index contributed by atoms with van der Waals surface area (Å²) in [6, 6.07) is 0. The Morgan fingerprint density at radius 2 is 1.87 bits per heavy atom. The van der Waals surface area contributed by atoms with Gasteiger partial charge in [0.2, 0.25) is 0 Å². The highest BCUT2D eigenvalue weighted by Gasteiger charge is 2.64. The van der Waals surface area contributed by atoms with Crippen molar-refractivity contribution in [2.24, 2.45) is 45.8 Å². The van der Waals surface area contributed by atoms with Crippen LogP contribution in [0.4, 0.5) is 0 Å². The molecule has 1 N–H and O–H groups in total. The second-order valence-corrected chi connectivity index (χ2v) is 12.9. The lowest BCUT2D eigenvalue weighted by Gasteiger charge is -2.60. The number of aliphatic hydroxyl groups excluding tert-OH is 1. The molecule has 0 radical (unpaired) electrons. The number of rotatable bonds is 4. The molecule has 2 nitrogen and oxygen atoms in total. The predicted octanol–water partition coefficient (Wildman–Crippen LogP) is 7.12. The van der Waals surface area contributed by atoms with Gasteiger partial charge in [-0.2, -0.15) is 0 Å². The van der Waals surface area contributed by atoms with Crippen molar-refractivity contribution in [2.45, 2.75) is 106 Å². The van der Waals surface area contributed by atoms with Gasteiger partial charge in [0.1, 0.15) is 5.78 Å². The van der Waals surface area contributed by atoms with Crippen molar-refractivity contribution in [3.8, 4) is 0 Å². The van der Waals surface area contributed by atoms with Crippen LogP contribution in [-0.4, -0.2) is 17.0 Å². The summed E-state index contributed by atoms with van der Waals surface area (Å²) in [4.78, 5) is 13.9. The summed E-state index contributed by atoms with van der Waals surface area (Å²) in [6.45, 7) is 16.0. The van der Waals surface area contributed by atoms with Crippen LogP contribution in [0.2, 0.25) is 0 Å². The van der Waals surface area contributed by atoms with Crippen LogP contribution in [-0.2, 0) is 4.79 Å². The second kappa shape index (κ2) is 7.86. The Morgan fingerprint density at radius 1 is 1.16 bits per heavy atom. The first-order chi connectivity index (χ1) is 14.4. The number of ketones is 1. The Balaban J connectivity index is 1.62. The minimum absolute atomic E-state index is 0.0792. The van der Waals surface area contributed by atoms with Crippen LogP contribution in [0.3, 0.4) is 0 Å². The number of fused-ring (bicyclic) bond motifs is 5. The fourth-order valence-corrected chi connectivity index (χ4v) is 8.88. The molecule has 4 aliphatic rings. The van der Waals surface area contributed by atoms with Crippen molar-refractivity contribution in [3.05, 3.63) is 23.3 Å². The Bertz CT molecular complexity index is 785. The summed E-state index contributed by atoms with van der Waals surface area (Å²) in [5.74, 6) is 3.35. The van der Waals surface area contributed by atoms with E-state index in [-0.39, 0.29) is 22.3 Å². The highest BCUT2D eigenvalue weighted by molar-refractivity contribution is 5.87. The zero-order valence-electron chi connectivity index (χ0n) is 21.1. The predicted molar refractivity (Wildman–Crippen MR) is 129 cm³/mol. The Morgan fingerprint density at radius 3 is 2.55 bits per heavy atom. The van der Waals surface area contributed by atoms with E-state index in [9.17, 15) is 9.90 Å². The van der Waals surface area contributed by atoms with Crippen LogP contribution in [0.25, 0.3) is 0 Å². The first kappa shape index (κ1) is 23.3. The lowest BCUT2D eigenvalue weighted by atomic mass is 9.44. The SMILES string of the molecule is CC(C)=CCC[C@@H](C)[C@H]1CC[C@H]2[C@@H]3CC=C4C(C)(C)C(O)CC[C@]4(C)[C@H]3CC(=O)[C@]12C. The molecule has 4 aliphatic carbocycles. The van der Waals surface area contributed by atoms with E-state index >= 15 is 0 Å². The average Bonchev–Trinajstić information content (AvgIpc) is 3.05. The van der Waals surface area contributed by atoms with E-state index in [1.165, 1.54) is 30.4 Å². The number of aliphatic hydroxyl groups is 1. The molecule has 31 heavy (non-hydrogen) atoms. The van der Waals surface area contributed by atoms with E-state index in [0.29, 0.717) is 35.4 Å². The summed E-state index contributed by atoms with van der Waals surface area (Å²) in [6.07, 6.45) is 13.2. The van der Waals surface area contributed by atoms with Gasteiger partial charge in [-0.15, -0.1) is 0 Å². The largest absolute Gasteiger partial charge is 0.392 e. The third kappa shape index (κ3) is 3.42. The number of carbonyl (C=O) groups is 1. The number of carbonyl (C=O) groups excluding carboxylic acids is 1. The Kier molecular flexibility index (Phi) is 5.90. The highest BCUT2D eigenvalue weighted by Crippen LogP contribution is 2.68. The molecule has 0 aromatic rings. The molecule has 174 valence electrons. The normalized spacial score (nSPS) is 44.6. The molecule has 0 aromatic heterocycles. The zero-order valence-corrected chi connectivity index (χ0v) is 21.1. The lowest BCUT2D eigenvalue weighted by Crippen LogP contribution is -2.57. The molecule has 3 saturated carbocycles. The summed E-state index contributed by atoms with van der Waals surface area (Å²) < 4.78 is 0. The monoisotopic (exact) mass is 426 g/mol. The van der Waals surface area contributed by atoms with Gasteiger partial charge in [-0.05, 0) is 93.8 Å². The fraction of sp³-hybridized carbons (Fsp3) is 0.828. The molecule has 0 amide bonds. The topological polar surface area (TPSA) is 37.3 Å². The molecule has 0 heterocycles. The minimum atomic E-state index is -0.259. The molecule has 0 aliphatic heterocycles. The third-order valence-electron chi connectivity index (χ3n) is 10.7. The molecule has 0 saturated heterocycles. The van der Waals surface area contributed by atoms with Gasteiger partial charge in [-0.25, -0.2) is 0 Å². The van der Waals surface area contributed by atoms with Crippen LogP contribution < -0.4 is 0 Å². The van der Waals surface area contributed by atoms with Gasteiger partial charge in [0.05, 0.1) is 6.10 Å². The van der Waals surface area contributed by atoms with Crippen molar-refractivity contribution >= 4 is 5.78 Å². The second-order valence-electron chi connectivity index (χ2n) is 12.9. The molecule has 8 atom stereocenters. The van der Waals surface area contributed by atoms with Gasteiger partial charge in [0.15, 0.2) is 0 Å². The van der Waals surface area contributed by atoms with E-state index in [4.69, 9.17) is 0 Å². The van der Waals surface area contributed by atoms with Crippen molar-refractivity contribution in [1.29, 1.82) is 0 Å². The van der Waals surface area contributed by atoms with Crippen LogP contribution >= 0.6 is 0 Å². The number of hydrogen-bond acceptors (Lipinski definition) is 2. The maximum absolute atomic E-state index is 13.9. The quantitative estimate of drug-likeness (QED) is 0.486. The zero-order chi connectivity index (χ0) is 22.8. The first-order valence-electron chi connectivity index (χ1n) is 13.0.